The third kappa shape index (κ3) is 4.63. The first-order valence-electron chi connectivity index (χ1n) is 8.90. The molecule has 3 rings (SSSR count). The van der Waals surface area contributed by atoms with Crippen molar-refractivity contribution < 1.29 is 13.9 Å². The Labute approximate surface area is 158 Å². The quantitative estimate of drug-likeness (QED) is 0.815. The Bertz CT molecular complexity index is 807. The van der Waals surface area contributed by atoms with E-state index in [1.165, 1.54) is 12.1 Å². The first kappa shape index (κ1) is 18.9. The zero-order valence-corrected chi connectivity index (χ0v) is 15.3. The Balaban J connectivity index is 1.57. The second kappa shape index (κ2) is 8.65. The van der Waals surface area contributed by atoms with E-state index in [-0.39, 0.29) is 24.2 Å². The van der Waals surface area contributed by atoms with Gasteiger partial charge in [-0.15, -0.1) is 0 Å². The maximum Gasteiger partial charge on any atom is 0.227 e. The van der Waals surface area contributed by atoms with Gasteiger partial charge in [-0.2, -0.15) is 5.26 Å². The molecule has 1 aliphatic rings. The number of benzene rings is 2. The summed E-state index contributed by atoms with van der Waals surface area (Å²) < 4.78 is 18.1. The van der Waals surface area contributed by atoms with Crippen LogP contribution in [0.5, 0.6) is 5.75 Å². The molecule has 27 heavy (non-hydrogen) atoms. The van der Waals surface area contributed by atoms with Crippen LogP contribution in [0.15, 0.2) is 48.5 Å². The van der Waals surface area contributed by atoms with Crippen molar-refractivity contribution in [3.05, 3.63) is 65.5 Å². The molecule has 140 valence electrons. The second-order valence-electron chi connectivity index (χ2n) is 6.52. The van der Waals surface area contributed by atoms with Crippen molar-refractivity contribution in [2.75, 3.05) is 33.3 Å². The van der Waals surface area contributed by atoms with Crippen LogP contribution in [-0.2, 0) is 11.2 Å². The summed E-state index contributed by atoms with van der Waals surface area (Å²) >= 11 is 0. The van der Waals surface area contributed by atoms with Gasteiger partial charge in [0.2, 0.25) is 5.91 Å². The number of carbonyl (C=O) groups is 1. The van der Waals surface area contributed by atoms with Crippen molar-refractivity contribution in [1.29, 1.82) is 5.26 Å². The molecule has 0 saturated carbocycles. The lowest BCUT2D eigenvalue weighted by molar-refractivity contribution is -0.132. The van der Waals surface area contributed by atoms with Crippen LogP contribution in [0.2, 0.25) is 0 Å². The molecule has 2 aromatic rings. The molecule has 5 nitrogen and oxygen atoms in total. The monoisotopic (exact) mass is 367 g/mol. The van der Waals surface area contributed by atoms with Crippen LogP contribution >= 0.6 is 0 Å². The molecule has 2 aromatic carbocycles. The summed E-state index contributed by atoms with van der Waals surface area (Å²) in [6, 6.07) is 15.5. The molecule has 0 aromatic heterocycles. The highest BCUT2D eigenvalue weighted by atomic mass is 19.1. The van der Waals surface area contributed by atoms with Gasteiger partial charge >= 0.3 is 0 Å². The van der Waals surface area contributed by atoms with Gasteiger partial charge in [-0.25, -0.2) is 4.39 Å². The molecule has 0 aliphatic carbocycles. The highest BCUT2D eigenvalue weighted by molar-refractivity contribution is 5.78. The molecule has 1 atom stereocenters. The van der Waals surface area contributed by atoms with Gasteiger partial charge in [0.15, 0.2) is 0 Å². The van der Waals surface area contributed by atoms with Crippen LogP contribution in [0, 0.1) is 17.1 Å². The first-order chi connectivity index (χ1) is 13.1. The molecule has 6 heteroatoms. The van der Waals surface area contributed by atoms with E-state index < -0.39 is 0 Å². The minimum Gasteiger partial charge on any atom is -0.497 e. The van der Waals surface area contributed by atoms with Gasteiger partial charge in [-0.1, -0.05) is 24.3 Å². The Morgan fingerprint density at radius 3 is 2.30 bits per heavy atom. The van der Waals surface area contributed by atoms with Crippen molar-refractivity contribution >= 4 is 5.91 Å². The van der Waals surface area contributed by atoms with Crippen LogP contribution in [-0.4, -0.2) is 49.0 Å². The standard InChI is InChI=1S/C21H22FN3O2/c1-27-19-8-4-17(5-9-19)20(15-23)24-10-12-25(13-11-24)21(26)14-16-2-6-18(22)7-3-16/h2-9,20H,10-14H2,1H3. The fraction of sp³-hybridized carbons (Fsp3) is 0.333. The Kier molecular flexibility index (Phi) is 6.05. The summed E-state index contributed by atoms with van der Waals surface area (Å²) in [5.41, 5.74) is 1.72. The zero-order chi connectivity index (χ0) is 19.2. The van der Waals surface area contributed by atoms with E-state index in [1.807, 2.05) is 29.2 Å². The average Bonchev–Trinajstić information content (AvgIpc) is 2.71. The van der Waals surface area contributed by atoms with Crippen LogP contribution in [0.4, 0.5) is 4.39 Å². The summed E-state index contributed by atoms with van der Waals surface area (Å²) in [4.78, 5) is 16.4. The van der Waals surface area contributed by atoms with Gasteiger partial charge < -0.3 is 9.64 Å². The summed E-state index contributed by atoms with van der Waals surface area (Å²) in [5, 5.41) is 9.62. The molecule has 0 bridgehead atoms. The molecule has 1 heterocycles. The lowest BCUT2D eigenvalue weighted by atomic mass is 10.1. The molecular weight excluding hydrogens is 345 g/mol. The van der Waals surface area contributed by atoms with E-state index in [0.29, 0.717) is 26.2 Å². The van der Waals surface area contributed by atoms with Crippen LogP contribution in [0.25, 0.3) is 0 Å². The minimum absolute atomic E-state index is 0.0270. The summed E-state index contributed by atoms with van der Waals surface area (Å²) in [6.45, 7) is 2.43. The molecule has 1 unspecified atom stereocenters. The average molecular weight is 367 g/mol. The SMILES string of the molecule is COc1ccc(C(C#N)N2CCN(C(=O)Cc3ccc(F)cc3)CC2)cc1. The molecule has 0 radical (unpaired) electrons. The Hall–Kier alpha value is -2.91. The van der Waals surface area contributed by atoms with Crippen LogP contribution in [0.3, 0.4) is 0 Å². The third-order valence-electron chi connectivity index (χ3n) is 4.85. The Morgan fingerprint density at radius 2 is 1.74 bits per heavy atom. The number of rotatable bonds is 5. The van der Waals surface area contributed by atoms with Gasteiger partial charge in [-0.05, 0) is 35.4 Å². The molecule has 1 amide bonds. The number of amides is 1. The maximum atomic E-state index is 13.0. The van der Waals surface area contributed by atoms with Gasteiger partial charge in [0.1, 0.15) is 17.6 Å². The number of nitriles is 1. The summed E-state index contributed by atoms with van der Waals surface area (Å²) in [6.07, 6.45) is 0.264. The van der Waals surface area contributed by atoms with Crippen molar-refractivity contribution in [2.24, 2.45) is 0 Å². The molecule has 0 N–H and O–H groups in total. The van der Waals surface area contributed by atoms with Crippen molar-refractivity contribution in [3.63, 3.8) is 0 Å². The fourth-order valence-electron chi connectivity index (χ4n) is 3.27. The maximum absolute atomic E-state index is 13.0. The predicted octanol–water partition coefficient (Wildman–Crippen LogP) is 2.79. The number of methoxy groups -OCH3 is 1. The topological polar surface area (TPSA) is 56.6 Å². The zero-order valence-electron chi connectivity index (χ0n) is 15.3. The lowest BCUT2D eigenvalue weighted by Crippen LogP contribution is -2.49. The number of hydrogen-bond donors (Lipinski definition) is 0. The number of halogens is 1. The smallest absolute Gasteiger partial charge is 0.227 e. The van der Waals surface area contributed by atoms with E-state index in [1.54, 1.807) is 19.2 Å². The highest BCUT2D eigenvalue weighted by Crippen LogP contribution is 2.24. The molecular formula is C21H22FN3O2. The number of ether oxygens (including phenoxy) is 1. The van der Waals surface area contributed by atoms with E-state index in [9.17, 15) is 14.4 Å². The lowest BCUT2D eigenvalue weighted by Gasteiger charge is -2.37. The van der Waals surface area contributed by atoms with Crippen molar-refractivity contribution in [3.8, 4) is 11.8 Å². The molecule has 1 saturated heterocycles. The predicted molar refractivity (Wildman–Crippen MR) is 99.6 cm³/mol. The molecule has 1 aliphatic heterocycles. The second-order valence-corrected chi connectivity index (χ2v) is 6.52. The number of hydrogen-bond acceptors (Lipinski definition) is 4. The van der Waals surface area contributed by atoms with Gasteiger partial charge in [0.25, 0.3) is 0 Å². The Morgan fingerprint density at radius 1 is 1.11 bits per heavy atom. The van der Waals surface area contributed by atoms with Gasteiger partial charge in [0.05, 0.1) is 19.6 Å². The normalized spacial score (nSPS) is 15.8. The highest BCUT2D eigenvalue weighted by Gasteiger charge is 2.27. The number of carbonyl (C=O) groups excluding carboxylic acids is 1. The van der Waals surface area contributed by atoms with Gasteiger partial charge in [0, 0.05) is 26.2 Å². The van der Waals surface area contributed by atoms with Crippen molar-refractivity contribution in [1.82, 2.24) is 9.80 Å². The van der Waals surface area contributed by atoms with E-state index in [2.05, 4.69) is 11.0 Å². The van der Waals surface area contributed by atoms with Gasteiger partial charge in [-0.3, -0.25) is 9.69 Å². The van der Waals surface area contributed by atoms with Crippen LogP contribution < -0.4 is 4.74 Å². The molecule has 1 fully saturated rings. The summed E-state index contributed by atoms with van der Waals surface area (Å²) in [5.74, 6) is 0.478. The van der Waals surface area contributed by atoms with Crippen LogP contribution in [0.1, 0.15) is 17.2 Å². The van der Waals surface area contributed by atoms with Crippen molar-refractivity contribution in [2.45, 2.75) is 12.5 Å². The number of piperazine rings is 1. The summed E-state index contributed by atoms with van der Waals surface area (Å²) in [7, 11) is 1.61. The number of nitrogens with zero attached hydrogens (tertiary/aromatic N) is 3. The fourth-order valence-corrected chi connectivity index (χ4v) is 3.27. The van der Waals surface area contributed by atoms with E-state index >= 15 is 0 Å². The first-order valence-corrected chi connectivity index (χ1v) is 8.90. The minimum atomic E-state index is -0.342. The largest absolute Gasteiger partial charge is 0.497 e. The van der Waals surface area contributed by atoms with E-state index in [4.69, 9.17) is 4.74 Å². The van der Waals surface area contributed by atoms with E-state index in [0.717, 1.165) is 16.9 Å². The molecule has 0 spiro atoms. The third-order valence-corrected chi connectivity index (χ3v) is 4.85.